The van der Waals surface area contributed by atoms with Crippen molar-refractivity contribution >= 4 is 28.3 Å². The summed E-state index contributed by atoms with van der Waals surface area (Å²) in [6, 6.07) is 1.65. The molecule has 0 fully saturated rings. The van der Waals surface area contributed by atoms with Crippen molar-refractivity contribution in [2.75, 3.05) is 5.73 Å². The third-order valence-electron chi connectivity index (χ3n) is 1.48. The second-order valence-electron chi connectivity index (χ2n) is 2.20. The van der Waals surface area contributed by atoms with E-state index in [2.05, 4.69) is 4.98 Å². The summed E-state index contributed by atoms with van der Waals surface area (Å²) in [7, 11) is 0. The number of nitriles is 1. The van der Waals surface area contributed by atoms with E-state index in [1.807, 2.05) is 22.6 Å². The Morgan fingerprint density at radius 1 is 1.54 bits per heavy atom. The molecule has 1 aromatic rings. The van der Waals surface area contributed by atoms with Gasteiger partial charge in [-0.25, -0.2) is 4.98 Å². The van der Waals surface area contributed by atoms with Crippen LogP contribution in [-0.2, 0) is 4.43 Å². The fourth-order valence-electron chi connectivity index (χ4n) is 0.814. The molecule has 0 aliphatic carbocycles. The Kier molecular flexibility index (Phi) is 2.98. The Hall–Kier alpha value is -0.970. The van der Waals surface area contributed by atoms with E-state index in [9.17, 15) is 8.78 Å². The molecule has 3 nitrogen and oxygen atoms in total. The van der Waals surface area contributed by atoms with Crippen LogP contribution in [0.4, 0.5) is 14.5 Å². The molecular formula is C7H4F2IN3. The molecule has 0 aliphatic rings. The number of nitrogens with zero attached hydrogens (tertiary/aromatic N) is 2. The quantitative estimate of drug-likeness (QED) is 0.488. The molecule has 0 amide bonds. The summed E-state index contributed by atoms with van der Waals surface area (Å²) in [6.07, 6.45) is 0. The monoisotopic (exact) mass is 295 g/mol. The number of anilines is 1. The number of alkyl halides is 1. The minimum atomic E-state index is -1.33. The standard InChI is InChI=1S/C7H4F2IN3/c8-5-6(12)3(1-10)4(2-11)13-7(5)9/h1H2,(H2,12,13). The van der Waals surface area contributed by atoms with Gasteiger partial charge in [0.15, 0.2) is 0 Å². The summed E-state index contributed by atoms with van der Waals surface area (Å²) in [5.74, 6) is -2.52. The van der Waals surface area contributed by atoms with E-state index in [4.69, 9.17) is 11.0 Å². The molecule has 0 spiro atoms. The minimum Gasteiger partial charge on any atom is -0.396 e. The Morgan fingerprint density at radius 2 is 2.15 bits per heavy atom. The van der Waals surface area contributed by atoms with Crippen LogP contribution in [0.3, 0.4) is 0 Å². The maximum absolute atomic E-state index is 12.8. The molecule has 13 heavy (non-hydrogen) atoms. The first-order valence-electron chi connectivity index (χ1n) is 3.21. The third-order valence-corrected chi connectivity index (χ3v) is 2.24. The molecule has 0 atom stereocenters. The topological polar surface area (TPSA) is 62.7 Å². The summed E-state index contributed by atoms with van der Waals surface area (Å²) < 4.78 is 25.8. The van der Waals surface area contributed by atoms with Gasteiger partial charge < -0.3 is 5.73 Å². The summed E-state index contributed by atoms with van der Waals surface area (Å²) in [5.41, 5.74) is 5.00. The van der Waals surface area contributed by atoms with Crippen LogP contribution < -0.4 is 5.73 Å². The number of rotatable bonds is 1. The number of nitrogen functional groups attached to an aromatic ring is 1. The van der Waals surface area contributed by atoms with Crippen molar-refractivity contribution in [2.24, 2.45) is 0 Å². The van der Waals surface area contributed by atoms with Crippen molar-refractivity contribution < 1.29 is 8.78 Å². The number of aromatic nitrogens is 1. The zero-order chi connectivity index (χ0) is 10.0. The van der Waals surface area contributed by atoms with Crippen LogP contribution in [-0.4, -0.2) is 4.98 Å². The van der Waals surface area contributed by atoms with Crippen molar-refractivity contribution in [3.8, 4) is 6.07 Å². The number of hydrogen-bond acceptors (Lipinski definition) is 3. The van der Waals surface area contributed by atoms with Crippen molar-refractivity contribution in [1.29, 1.82) is 5.26 Å². The average Bonchev–Trinajstić information content (AvgIpc) is 2.13. The van der Waals surface area contributed by atoms with Gasteiger partial charge in [-0.2, -0.15) is 14.0 Å². The highest BCUT2D eigenvalue weighted by molar-refractivity contribution is 14.1. The lowest BCUT2D eigenvalue weighted by molar-refractivity contribution is 0.480. The van der Waals surface area contributed by atoms with Gasteiger partial charge in [0.2, 0.25) is 5.82 Å². The highest BCUT2D eigenvalue weighted by atomic mass is 127. The molecule has 2 N–H and O–H groups in total. The normalized spacial score (nSPS) is 9.69. The van der Waals surface area contributed by atoms with E-state index in [-0.39, 0.29) is 16.9 Å². The van der Waals surface area contributed by atoms with Crippen molar-refractivity contribution in [2.45, 2.75) is 4.43 Å². The summed E-state index contributed by atoms with van der Waals surface area (Å²) in [4.78, 5) is 3.14. The zero-order valence-electron chi connectivity index (χ0n) is 6.31. The average molecular weight is 295 g/mol. The number of hydrogen-bond donors (Lipinski definition) is 1. The first kappa shape index (κ1) is 10.1. The largest absolute Gasteiger partial charge is 0.396 e. The number of nitrogens with two attached hydrogens (primary N) is 1. The van der Waals surface area contributed by atoms with E-state index in [0.29, 0.717) is 4.43 Å². The lowest BCUT2D eigenvalue weighted by Gasteiger charge is -2.04. The lowest BCUT2D eigenvalue weighted by Crippen LogP contribution is -2.05. The van der Waals surface area contributed by atoms with Crippen LogP contribution in [0.1, 0.15) is 11.3 Å². The maximum Gasteiger partial charge on any atom is 0.252 e. The molecule has 6 heteroatoms. The van der Waals surface area contributed by atoms with Gasteiger partial charge in [-0.3, -0.25) is 0 Å². The van der Waals surface area contributed by atoms with Gasteiger partial charge in [0.05, 0.1) is 5.69 Å². The molecule has 1 heterocycles. The molecule has 0 aliphatic heterocycles. The summed E-state index contributed by atoms with van der Waals surface area (Å²) in [6.45, 7) is 0. The van der Waals surface area contributed by atoms with Crippen molar-refractivity contribution in [3.63, 3.8) is 0 Å². The van der Waals surface area contributed by atoms with Crippen LogP contribution in [0.5, 0.6) is 0 Å². The van der Waals surface area contributed by atoms with Crippen molar-refractivity contribution in [1.82, 2.24) is 4.98 Å². The minimum absolute atomic E-state index is 0.161. The SMILES string of the molecule is N#Cc1nc(F)c(F)c(N)c1CI. The van der Waals surface area contributed by atoms with Crippen LogP contribution in [0.2, 0.25) is 0 Å². The summed E-state index contributed by atoms with van der Waals surface area (Å²) >= 11 is 1.90. The predicted octanol–water partition coefficient (Wildman–Crippen LogP) is 1.75. The van der Waals surface area contributed by atoms with Crippen LogP contribution in [0.15, 0.2) is 0 Å². The molecule has 1 rings (SSSR count). The smallest absolute Gasteiger partial charge is 0.252 e. The van der Waals surface area contributed by atoms with E-state index in [0.717, 1.165) is 0 Å². The molecule has 0 bridgehead atoms. The second-order valence-corrected chi connectivity index (χ2v) is 2.97. The Balaban J connectivity index is 3.50. The van der Waals surface area contributed by atoms with Crippen LogP contribution in [0, 0.1) is 23.1 Å². The molecule has 0 aromatic carbocycles. The summed E-state index contributed by atoms with van der Waals surface area (Å²) in [5, 5.41) is 8.53. The number of halogens is 3. The van der Waals surface area contributed by atoms with Gasteiger partial charge in [0, 0.05) is 9.99 Å². The molecule has 0 radical (unpaired) electrons. The van der Waals surface area contributed by atoms with Gasteiger partial charge in [-0.1, -0.05) is 22.6 Å². The van der Waals surface area contributed by atoms with Gasteiger partial charge in [-0.15, -0.1) is 0 Å². The molecule has 68 valence electrons. The van der Waals surface area contributed by atoms with E-state index >= 15 is 0 Å². The van der Waals surface area contributed by atoms with Crippen LogP contribution >= 0.6 is 22.6 Å². The van der Waals surface area contributed by atoms with Crippen LogP contribution in [0.25, 0.3) is 0 Å². The van der Waals surface area contributed by atoms with E-state index in [1.54, 1.807) is 6.07 Å². The predicted molar refractivity (Wildman–Crippen MR) is 51.0 cm³/mol. The Morgan fingerprint density at radius 3 is 2.62 bits per heavy atom. The lowest BCUT2D eigenvalue weighted by atomic mass is 10.2. The number of pyridine rings is 1. The van der Waals surface area contributed by atoms with Gasteiger partial charge in [0.1, 0.15) is 11.8 Å². The molecular weight excluding hydrogens is 291 g/mol. The van der Waals surface area contributed by atoms with E-state index < -0.39 is 11.8 Å². The van der Waals surface area contributed by atoms with Gasteiger partial charge >= 0.3 is 0 Å². The van der Waals surface area contributed by atoms with Gasteiger partial charge in [-0.05, 0) is 0 Å². The second kappa shape index (κ2) is 3.83. The molecule has 0 saturated carbocycles. The molecule has 0 unspecified atom stereocenters. The van der Waals surface area contributed by atoms with Gasteiger partial charge in [0.25, 0.3) is 5.95 Å². The molecule has 1 aromatic heterocycles. The third kappa shape index (κ3) is 1.70. The zero-order valence-corrected chi connectivity index (χ0v) is 8.47. The Bertz CT molecular complexity index is 386. The molecule has 0 saturated heterocycles. The highest BCUT2D eigenvalue weighted by Gasteiger charge is 2.16. The van der Waals surface area contributed by atoms with E-state index in [1.165, 1.54) is 0 Å². The first-order valence-corrected chi connectivity index (χ1v) is 4.73. The maximum atomic E-state index is 12.8. The Labute approximate surface area is 86.7 Å². The fourth-order valence-corrected chi connectivity index (χ4v) is 1.59. The first-order chi connectivity index (χ1) is 6.11. The highest BCUT2D eigenvalue weighted by Crippen LogP contribution is 2.22. The fraction of sp³-hybridized carbons (Fsp3) is 0.143. The van der Waals surface area contributed by atoms with Crippen molar-refractivity contribution in [3.05, 3.63) is 23.0 Å².